The molecule has 0 radical (unpaired) electrons. The summed E-state index contributed by atoms with van der Waals surface area (Å²) in [7, 11) is 0. The lowest BCUT2D eigenvalue weighted by Crippen LogP contribution is -2.53. The maximum absolute atomic E-state index is 12.7. The zero-order valence-corrected chi connectivity index (χ0v) is 13.3. The molecule has 3 rings (SSSR count). The molecule has 3 heterocycles. The van der Waals surface area contributed by atoms with E-state index in [1.54, 1.807) is 11.1 Å². The Kier molecular flexibility index (Phi) is 4.18. The van der Waals surface area contributed by atoms with E-state index in [-0.39, 0.29) is 29.8 Å². The van der Waals surface area contributed by atoms with Crippen LogP contribution in [0.5, 0.6) is 0 Å². The van der Waals surface area contributed by atoms with Gasteiger partial charge in [0, 0.05) is 44.4 Å². The van der Waals surface area contributed by atoms with Crippen molar-refractivity contribution in [3.63, 3.8) is 0 Å². The van der Waals surface area contributed by atoms with Gasteiger partial charge in [0.1, 0.15) is 11.9 Å². The molecule has 1 fully saturated rings. The van der Waals surface area contributed by atoms with Crippen molar-refractivity contribution < 1.29 is 9.59 Å². The van der Waals surface area contributed by atoms with E-state index in [4.69, 9.17) is 0 Å². The van der Waals surface area contributed by atoms with Crippen LogP contribution in [0.3, 0.4) is 0 Å². The minimum Gasteiger partial charge on any atom is -0.350 e. The van der Waals surface area contributed by atoms with E-state index in [9.17, 15) is 9.59 Å². The third kappa shape index (κ3) is 2.87. The molecule has 6 nitrogen and oxygen atoms in total. The molecule has 2 atom stereocenters. The first kappa shape index (κ1) is 15.1. The molecule has 0 aliphatic carbocycles. The van der Waals surface area contributed by atoms with Gasteiger partial charge < -0.3 is 14.8 Å². The lowest BCUT2D eigenvalue weighted by molar-refractivity contribution is -0.139. The quantitative estimate of drug-likeness (QED) is 0.901. The number of aromatic nitrogens is 2. The summed E-state index contributed by atoms with van der Waals surface area (Å²) < 4.78 is 2.10. The third-order valence-corrected chi connectivity index (χ3v) is 4.63. The summed E-state index contributed by atoms with van der Waals surface area (Å²) in [5.41, 5.74) is 0. The first-order chi connectivity index (χ1) is 10.6. The number of amides is 2. The molecule has 120 valence electrons. The molecule has 0 bridgehead atoms. The monoisotopic (exact) mass is 304 g/mol. The summed E-state index contributed by atoms with van der Waals surface area (Å²) in [5.74, 6) is 1.29. The number of nitrogens with one attached hydrogen (secondary N) is 1. The van der Waals surface area contributed by atoms with Crippen LogP contribution in [0.25, 0.3) is 0 Å². The van der Waals surface area contributed by atoms with E-state index in [2.05, 4.69) is 14.9 Å². The molecule has 22 heavy (non-hydrogen) atoms. The second-order valence-corrected chi connectivity index (χ2v) is 6.62. The molecule has 1 saturated heterocycles. The average molecular weight is 304 g/mol. The molecule has 2 aliphatic heterocycles. The van der Waals surface area contributed by atoms with Crippen LogP contribution in [0.15, 0.2) is 12.4 Å². The summed E-state index contributed by atoms with van der Waals surface area (Å²) in [6.45, 7) is 5.47. The Bertz CT molecular complexity index is 566. The summed E-state index contributed by atoms with van der Waals surface area (Å²) in [6.07, 6.45) is 6.97. The van der Waals surface area contributed by atoms with Gasteiger partial charge in [-0.15, -0.1) is 0 Å². The van der Waals surface area contributed by atoms with Gasteiger partial charge in [-0.3, -0.25) is 9.59 Å². The first-order valence-corrected chi connectivity index (χ1v) is 8.16. The van der Waals surface area contributed by atoms with Gasteiger partial charge in [-0.1, -0.05) is 13.8 Å². The summed E-state index contributed by atoms with van der Waals surface area (Å²) in [4.78, 5) is 30.7. The second-order valence-electron chi connectivity index (χ2n) is 6.62. The van der Waals surface area contributed by atoms with Crippen molar-refractivity contribution in [2.75, 3.05) is 6.54 Å². The van der Waals surface area contributed by atoms with Gasteiger partial charge in [-0.2, -0.15) is 0 Å². The fourth-order valence-corrected chi connectivity index (χ4v) is 3.54. The third-order valence-electron chi connectivity index (χ3n) is 4.63. The van der Waals surface area contributed by atoms with Crippen LogP contribution in [-0.4, -0.2) is 44.9 Å². The number of nitrogens with zero attached hydrogens (tertiary/aromatic N) is 3. The van der Waals surface area contributed by atoms with Crippen molar-refractivity contribution in [3.05, 3.63) is 18.2 Å². The fourth-order valence-electron chi connectivity index (χ4n) is 3.54. The highest BCUT2D eigenvalue weighted by Gasteiger charge is 2.36. The zero-order valence-electron chi connectivity index (χ0n) is 13.3. The number of rotatable bonds is 4. The van der Waals surface area contributed by atoms with Crippen molar-refractivity contribution in [1.29, 1.82) is 0 Å². The van der Waals surface area contributed by atoms with Crippen molar-refractivity contribution >= 4 is 11.8 Å². The second kappa shape index (κ2) is 6.10. The smallest absolute Gasteiger partial charge is 0.243 e. The molecule has 1 aromatic rings. The normalized spacial score (nSPS) is 22.8. The zero-order chi connectivity index (χ0) is 15.7. The fraction of sp³-hybridized carbons (Fsp3) is 0.688. The molecule has 0 spiro atoms. The van der Waals surface area contributed by atoms with E-state index in [0.29, 0.717) is 13.0 Å². The number of imidazole rings is 1. The van der Waals surface area contributed by atoms with Crippen molar-refractivity contribution in [1.82, 2.24) is 19.8 Å². The van der Waals surface area contributed by atoms with Crippen LogP contribution in [0.1, 0.15) is 38.9 Å². The number of hydrogen-bond donors (Lipinski definition) is 1. The number of aryl methyl sites for hydroxylation is 1. The number of hydrogen-bond acceptors (Lipinski definition) is 3. The van der Waals surface area contributed by atoms with Gasteiger partial charge in [0.25, 0.3) is 0 Å². The molecule has 0 aromatic carbocycles. The Hall–Kier alpha value is -1.85. The lowest BCUT2D eigenvalue weighted by atomic mass is 10.00. The number of carbonyl (C=O) groups is 2. The number of likely N-dealkylation sites (tertiary alicyclic amines) is 1. The molecule has 0 unspecified atom stereocenters. The lowest BCUT2D eigenvalue weighted by Gasteiger charge is -2.32. The van der Waals surface area contributed by atoms with Crippen LogP contribution in [0.2, 0.25) is 0 Å². The van der Waals surface area contributed by atoms with Gasteiger partial charge in [-0.05, 0) is 18.8 Å². The van der Waals surface area contributed by atoms with Gasteiger partial charge in [0.05, 0.1) is 0 Å². The molecule has 2 aliphatic rings. The standard InChI is InChI=1S/C16H24N4O2/c1-11(2)15(20-8-3-4-14(20)21)16(22)18-12-5-6-13-17-7-9-19(13)10-12/h7,9,11-12,15H,3-6,8,10H2,1-2H3,(H,18,22)/t12-,15+/m1/s1. The number of carbonyl (C=O) groups excluding carboxylic acids is 2. The SMILES string of the molecule is CC(C)[C@@H](C(=O)N[C@@H]1CCc2nccn2C1)N1CCCC1=O. The Labute approximate surface area is 130 Å². The maximum Gasteiger partial charge on any atom is 0.243 e. The molecule has 2 amide bonds. The van der Waals surface area contributed by atoms with Gasteiger partial charge in [0.15, 0.2) is 0 Å². The van der Waals surface area contributed by atoms with Gasteiger partial charge in [-0.25, -0.2) is 4.98 Å². The van der Waals surface area contributed by atoms with Gasteiger partial charge >= 0.3 is 0 Å². The van der Waals surface area contributed by atoms with Crippen molar-refractivity contribution in [2.45, 2.75) is 58.2 Å². The minimum atomic E-state index is -0.348. The average Bonchev–Trinajstić information content (AvgIpc) is 3.08. The largest absolute Gasteiger partial charge is 0.350 e. The van der Waals surface area contributed by atoms with E-state index < -0.39 is 0 Å². The predicted octanol–water partition coefficient (Wildman–Crippen LogP) is 0.961. The molecule has 1 N–H and O–H groups in total. The molecule has 0 saturated carbocycles. The summed E-state index contributed by atoms with van der Waals surface area (Å²) in [5, 5.41) is 3.15. The molecular weight excluding hydrogens is 280 g/mol. The van der Waals surface area contributed by atoms with Crippen molar-refractivity contribution in [2.24, 2.45) is 5.92 Å². The van der Waals surface area contributed by atoms with E-state index in [1.807, 2.05) is 20.0 Å². The highest BCUT2D eigenvalue weighted by atomic mass is 16.2. The summed E-state index contributed by atoms with van der Waals surface area (Å²) in [6, 6.07) is -0.229. The highest BCUT2D eigenvalue weighted by molar-refractivity contribution is 5.89. The van der Waals surface area contributed by atoms with Crippen LogP contribution in [-0.2, 0) is 22.6 Å². The highest BCUT2D eigenvalue weighted by Crippen LogP contribution is 2.20. The van der Waals surface area contributed by atoms with Crippen LogP contribution >= 0.6 is 0 Å². The van der Waals surface area contributed by atoms with Crippen LogP contribution in [0, 0.1) is 5.92 Å². The minimum absolute atomic E-state index is 0.0150. The molecular formula is C16H24N4O2. The van der Waals surface area contributed by atoms with E-state index >= 15 is 0 Å². The summed E-state index contributed by atoms with van der Waals surface area (Å²) >= 11 is 0. The Morgan fingerprint density at radius 1 is 1.41 bits per heavy atom. The van der Waals surface area contributed by atoms with Crippen molar-refractivity contribution in [3.8, 4) is 0 Å². The maximum atomic E-state index is 12.7. The van der Waals surface area contributed by atoms with Crippen LogP contribution in [0.4, 0.5) is 0 Å². The first-order valence-electron chi connectivity index (χ1n) is 8.16. The number of fused-ring (bicyclic) bond motifs is 1. The Morgan fingerprint density at radius 2 is 2.23 bits per heavy atom. The molecule has 6 heteroatoms. The predicted molar refractivity (Wildman–Crippen MR) is 82.1 cm³/mol. The van der Waals surface area contributed by atoms with Crippen LogP contribution < -0.4 is 5.32 Å². The molecule has 1 aromatic heterocycles. The van der Waals surface area contributed by atoms with E-state index in [0.717, 1.165) is 31.6 Å². The topological polar surface area (TPSA) is 67.2 Å². The van der Waals surface area contributed by atoms with Gasteiger partial charge in [0.2, 0.25) is 11.8 Å². The van der Waals surface area contributed by atoms with E-state index in [1.165, 1.54) is 0 Å². The Balaban J connectivity index is 1.66. The Morgan fingerprint density at radius 3 is 2.91 bits per heavy atom.